The van der Waals surface area contributed by atoms with Crippen LogP contribution in [0.15, 0.2) is 46.9 Å². The number of aryl methyl sites for hydroxylation is 1. The van der Waals surface area contributed by atoms with Crippen LogP contribution in [0, 0.1) is 6.92 Å². The molecule has 1 aromatic rings. The van der Waals surface area contributed by atoms with Crippen molar-refractivity contribution < 1.29 is 0 Å². The van der Waals surface area contributed by atoms with Gasteiger partial charge in [-0.05, 0) is 43.5 Å². The van der Waals surface area contributed by atoms with Crippen LogP contribution >= 0.6 is 11.3 Å². The first-order valence-corrected chi connectivity index (χ1v) is 7.74. The molecule has 3 nitrogen and oxygen atoms in total. The van der Waals surface area contributed by atoms with Crippen LogP contribution in [-0.4, -0.2) is 10.7 Å². The molecular weight excluding hydrogens is 278 g/mol. The van der Waals surface area contributed by atoms with E-state index in [4.69, 9.17) is 0 Å². The van der Waals surface area contributed by atoms with Crippen molar-refractivity contribution in [2.75, 3.05) is 5.43 Å². The SMILES string of the molecule is CC(C)=NNc1nc(-c2cc(C)c3cccccc2-3)cs1. The van der Waals surface area contributed by atoms with Crippen molar-refractivity contribution >= 4 is 22.2 Å². The monoisotopic (exact) mass is 295 g/mol. The number of nitrogens with one attached hydrogen (secondary N) is 1. The Labute approximate surface area is 128 Å². The highest BCUT2D eigenvalue weighted by Gasteiger charge is 2.15. The zero-order valence-corrected chi connectivity index (χ0v) is 13.2. The molecule has 4 heteroatoms. The summed E-state index contributed by atoms with van der Waals surface area (Å²) in [7, 11) is 0. The fraction of sp³-hybridized carbons (Fsp3) is 0.176. The number of rotatable bonds is 3. The van der Waals surface area contributed by atoms with Gasteiger partial charge < -0.3 is 0 Å². The van der Waals surface area contributed by atoms with E-state index in [1.165, 1.54) is 22.3 Å². The number of hydrazone groups is 1. The molecule has 0 aliphatic heterocycles. The first-order valence-electron chi connectivity index (χ1n) is 6.86. The van der Waals surface area contributed by atoms with E-state index in [9.17, 15) is 0 Å². The second-order valence-electron chi connectivity index (χ2n) is 5.19. The Hall–Kier alpha value is -2.20. The summed E-state index contributed by atoms with van der Waals surface area (Å²) in [6, 6.07) is 12.7. The molecular formula is C17H17N3S. The number of thiazole rings is 1. The predicted molar refractivity (Wildman–Crippen MR) is 91.3 cm³/mol. The molecule has 0 aromatic carbocycles. The Bertz CT molecular complexity index is 769. The average molecular weight is 295 g/mol. The molecule has 0 bridgehead atoms. The smallest absolute Gasteiger partial charge is 0.203 e. The van der Waals surface area contributed by atoms with Crippen LogP contribution in [0.5, 0.6) is 0 Å². The molecule has 0 radical (unpaired) electrons. The fourth-order valence-electron chi connectivity index (χ4n) is 2.32. The summed E-state index contributed by atoms with van der Waals surface area (Å²) in [4.78, 5) is 4.64. The van der Waals surface area contributed by atoms with E-state index in [-0.39, 0.29) is 0 Å². The maximum absolute atomic E-state index is 4.64. The maximum Gasteiger partial charge on any atom is 0.203 e. The molecule has 3 rings (SSSR count). The van der Waals surface area contributed by atoms with E-state index in [0.29, 0.717) is 0 Å². The van der Waals surface area contributed by atoms with Gasteiger partial charge in [0.15, 0.2) is 0 Å². The Balaban J connectivity index is 2.01. The van der Waals surface area contributed by atoms with Crippen molar-refractivity contribution in [1.29, 1.82) is 0 Å². The van der Waals surface area contributed by atoms with Crippen LogP contribution in [-0.2, 0) is 0 Å². The summed E-state index contributed by atoms with van der Waals surface area (Å²) in [6.45, 7) is 6.05. The summed E-state index contributed by atoms with van der Waals surface area (Å²) in [6.07, 6.45) is 0. The Morgan fingerprint density at radius 3 is 2.62 bits per heavy atom. The Kier molecular flexibility index (Phi) is 3.71. The third-order valence-corrected chi connectivity index (χ3v) is 4.02. The van der Waals surface area contributed by atoms with Gasteiger partial charge in [0.05, 0.1) is 5.69 Å². The molecule has 1 heterocycles. The summed E-state index contributed by atoms with van der Waals surface area (Å²) in [5.41, 5.74) is 9.94. The van der Waals surface area contributed by atoms with Gasteiger partial charge in [0.25, 0.3) is 0 Å². The van der Waals surface area contributed by atoms with Gasteiger partial charge in [0.2, 0.25) is 5.13 Å². The minimum absolute atomic E-state index is 0.818. The molecule has 0 amide bonds. The first kappa shape index (κ1) is 13.8. The molecule has 0 saturated carbocycles. The molecule has 0 unspecified atom stereocenters. The molecule has 2 aliphatic rings. The minimum atomic E-state index is 0.818. The van der Waals surface area contributed by atoms with Crippen LogP contribution in [0.25, 0.3) is 22.4 Å². The molecule has 0 fully saturated rings. The van der Waals surface area contributed by atoms with Crippen LogP contribution in [0.3, 0.4) is 0 Å². The third kappa shape index (κ3) is 2.81. The minimum Gasteiger partial charge on any atom is -0.253 e. The normalized spacial score (nSPS) is 10.6. The lowest BCUT2D eigenvalue weighted by atomic mass is 10.1. The molecule has 1 N–H and O–H groups in total. The summed E-state index contributed by atoms with van der Waals surface area (Å²) >= 11 is 1.57. The predicted octanol–water partition coefficient (Wildman–Crippen LogP) is 5.03. The highest BCUT2D eigenvalue weighted by molar-refractivity contribution is 7.14. The van der Waals surface area contributed by atoms with Crippen molar-refractivity contribution in [2.24, 2.45) is 5.10 Å². The first-order chi connectivity index (χ1) is 10.1. The van der Waals surface area contributed by atoms with Gasteiger partial charge in [-0.3, -0.25) is 5.43 Å². The van der Waals surface area contributed by atoms with Gasteiger partial charge in [0.1, 0.15) is 0 Å². The second-order valence-corrected chi connectivity index (χ2v) is 6.05. The maximum atomic E-state index is 4.64. The van der Waals surface area contributed by atoms with Crippen LogP contribution in [0.1, 0.15) is 19.4 Å². The number of nitrogens with zero attached hydrogens (tertiary/aromatic N) is 2. The van der Waals surface area contributed by atoms with Crippen molar-refractivity contribution in [3.8, 4) is 22.4 Å². The van der Waals surface area contributed by atoms with Gasteiger partial charge in [-0.15, -0.1) is 11.3 Å². The zero-order valence-electron chi connectivity index (χ0n) is 12.3. The summed E-state index contributed by atoms with van der Waals surface area (Å²) in [5.74, 6) is 0. The average Bonchev–Trinajstić information content (AvgIpc) is 2.94. The summed E-state index contributed by atoms with van der Waals surface area (Å²) in [5, 5.41) is 7.09. The topological polar surface area (TPSA) is 37.3 Å². The number of anilines is 1. The van der Waals surface area contributed by atoms with Crippen LogP contribution in [0.2, 0.25) is 0 Å². The highest BCUT2D eigenvalue weighted by atomic mass is 32.1. The molecule has 21 heavy (non-hydrogen) atoms. The molecule has 0 atom stereocenters. The summed E-state index contributed by atoms with van der Waals surface area (Å²) < 4.78 is 0. The molecule has 2 aliphatic carbocycles. The Morgan fingerprint density at radius 2 is 1.86 bits per heavy atom. The van der Waals surface area contributed by atoms with Gasteiger partial charge in [-0.2, -0.15) is 5.10 Å². The van der Waals surface area contributed by atoms with E-state index in [1.807, 2.05) is 13.8 Å². The fourth-order valence-corrected chi connectivity index (χ4v) is 2.97. The molecule has 1 aromatic heterocycles. The Morgan fingerprint density at radius 1 is 1.10 bits per heavy atom. The van der Waals surface area contributed by atoms with Crippen LogP contribution in [0.4, 0.5) is 5.13 Å². The van der Waals surface area contributed by atoms with E-state index in [0.717, 1.165) is 16.5 Å². The lowest BCUT2D eigenvalue weighted by molar-refractivity contribution is 1.27. The van der Waals surface area contributed by atoms with Crippen molar-refractivity contribution in [1.82, 2.24) is 4.98 Å². The van der Waals surface area contributed by atoms with E-state index < -0.39 is 0 Å². The van der Waals surface area contributed by atoms with Crippen molar-refractivity contribution in [3.05, 3.63) is 47.3 Å². The molecule has 106 valence electrons. The molecule has 0 spiro atoms. The van der Waals surface area contributed by atoms with Gasteiger partial charge in [0, 0.05) is 16.7 Å². The standard InChI is InChI=1S/C17H17N3S/c1-11(2)19-20-17-18-16(10-21-17)15-9-12(3)13-7-5-4-6-8-14(13)15/h4-10H,1-3H3,(H,18,20). The lowest BCUT2D eigenvalue weighted by Gasteiger charge is -1.98. The second kappa shape index (κ2) is 5.66. The van der Waals surface area contributed by atoms with Crippen molar-refractivity contribution in [3.63, 3.8) is 0 Å². The van der Waals surface area contributed by atoms with Crippen molar-refractivity contribution in [2.45, 2.75) is 20.8 Å². The van der Waals surface area contributed by atoms with Gasteiger partial charge in [-0.1, -0.05) is 30.3 Å². The number of hydrogen-bond donors (Lipinski definition) is 1. The third-order valence-electron chi connectivity index (χ3n) is 3.27. The van der Waals surface area contributed by atoms with Gasteiger partial charge in [-0.25, -0.2) is 4.98 Å². The van der Waals surface area contributed by atoms with Crippen LogP contribution < -0.4 is 5.43 Å². The quantitative estimate of drug-likeness (QED) is 0.543. The van der Waals surface area contributed by atoms with E-state index >= 15 is 0 Å². The molecule has 0 saturated heterocycles. The highest BCUT2D eigenvalue weighted by Crippen LogP contribution is 2.38. The lowest BCUT2D eigenvalue weighted by Crippen LogP contribution is -1.92. The van der Waals surface area contributed by atoms with E-state index in [1.54, 1.807) is 11.3 Å². The number of hydrogen-bond acceptors (Lipinski definition) is 4. The number of fused-ring (bicyclic) bond motifs is 1. The van der Waals surface area contributed by atoms with Gasteiger partial charge >= 0.3 is 0 Å². The van der Waals surface area contributed by atoms with E-state index in [2.05, 4.69) is 64.2 Å². The number of aromatic nitrogens is 1. The largest absolute Gasteiger partial charge is 0.253 e. The zero-order chi connectivity index (χ0) is 14.8.